The van der Waals surface area contributed by atoms with Crippen LogP contribution in [-0.2, 0) is 28.7 Å². The first-order valence-electron chi connectivity index (χ1n) is 10.7. The monoisotopic (exact) mass is 439 g/mol. The van der Waals surface area contributed by atoms with Crippen molar-refractivity contribution in [3.63, 3.8) is 0 Å². The van der Waals surface area contributed by atoms with Crippen molar-refractivity contribution in [1.29, 1.82) is 0 Å². The van der Waals surface area contributed by atoms with E-state index < -0.39 is 28.5 Å². The lowest BCUT2D eigenvalue weighted by Crippen LogP contribution is -2.42. The van der Waals surface area contributed by atoms with E-state index in [1.807, 2.05) is 0 Å². The molecule has 2 aliphatic heterocycles. The SMILES string of the molecule is CC1C2Cc3ncc(C(F)(F)F)cc3CN2C(=O)[C@]12CC[C@@H](NCC(C)(C)C(=O)O)C2. The Bertz CT molecular complexity index is 917. The number of halogens is 3. The van der Waals surface area contributed by atoms with Gasteiger partial charge >= 0.3 is 12.1 Å². The maximum Gasteiger partial charge on any atom is 0.417 e. The molecule has 1 aliphatic carbocycles. The van der Waals surface area contributed by atoms with Gasteiger partial charge in [0.05, 0.1) is 16.4 Å². The second-order valence-electron chi connectivity index (χ2n) is 9.99. The van der Waals surface area contributed by atoms with Crippen LogP contribution in [0.15, 0.2) is 12.3 Å². The van der Waals surface area contributed by atoms with Crippen molar-refractivity contribution >= 4 is 11.9 Å². The number of fused-ring (bicyclic) bond motifs is 2. The van der Waals surface area contributed by atoms with Gasteiger partial charge in [-0.2, -0.15) is 13.2 Å². The molecule has 1 aromatic heterocycles. The van der Waals surface area contributed by atoms with Crippen molar-refractivity contribution in [3.8, 4) is 0 Å². The van der Waals surface area contributed by atoms with Gasteiger partial charge in [0.2, 0.25) is 5.91 Å². The Balaban J connectivity index is 1.51. The molecule has 31 heavy (non-hydrogen) atoms. The van der Waals surface area contributed by atoms with Crippen molar-refractivity contribution < 1.29 is 27.9 Å². The normalized spacial score (nSPS) is 30.6. The number of aliphatic carboxylic acids is 1. The highest BCUT2D eigenvalue weighted by Crippen LogP contribution is 2.54. The first-order chi connectivity index (χ1) is 14.3. The van der Waals surface area contributed by atoms with Gasteiger partial charge in [-0.15, -0.1) is 0 Å². The molecule has 3 heterocycles. The van der Waals surface area contributed by atoms with E-state index in [9.17, 15) is 27.9 Å². The average Bonchev–Trinajstić information content (AvgIpc) is 3.21. The van der Waals surface area contributed by atoms with Gasteiger partial charge < -0.3 is 15.3 Å². The van der Waals surface area contributed by atoms with Crippen molar-refractivity contribution in [2.24, 2.45) is 16.7 Å². The summed E-state index contributed by atoms with van der Waals surface area (Å²) in [5.74, 6) is -0.815. The highest BCUT2D eigenvalue weighted by Gasteiger charge is 2.60. The molecule has 4 rings (SSSR count). The second kappa shape index (κ2) is 7.18. The van der Waals surface area contributed by atoms with E-state index in [0.29, 0.717) is 37.1 Å². The van der Waals surface area contributed by atoms with E-state index in [0.717, 1.165) is 18.7 Å². The summed E-state index contributed by atoms with van der Waals surface area (Å²) in [6.45, 7) is 5.85. The minimum absolute atomic E-state index is 0.00913. The third-order valence-electron chi connectivity index (χ3n) is 7.63. The molecule has 1 saturated heterocycles. The van der Waals surface area contributed by atoms with E-state index in [2.05, 4.69) is 17.2 Å². The Morgan fingerprint density at radius 1 is 1.39 bits per heavy atom. The Morgan fingerprint density at radius 3 is 2.74 bits per heavy atom. The molecule has 9 heteroatoms. The Kier molecular flexibility index (Phi) is 5.11. The summed E-state index contributed by atoms with van der Waals surface area (Å²) in [5.41, 5.74) is -1.13. The summed E-state index contributed by atoms with van der Waals surface area (Å²) < 4.78 is 39.3. The summed E-state index contributed by atoms with van der Waals surface area (Å²) >= 11 is 0. The fourth-order valence-corrected chi connectivity index (χ4v) is 5.47. The number of carboxylic acid groups (broad SMARTS) is 1. The van der Waals surface area contributed by atoms with E-state index in [-0.39, 0.29) is 30.5 Å². The van der Waals surface area contributed by atoms with E-state index in [1.165, 1.54) is 0 Å². The highest BCUT2D eigenvalue weighted by molar-refractivity contribution is 5.87. The summed E-state index contributed by atoms with van der Waals surface area (Å²) in [5, 5.41) is 12.7. The third-order valence-corrected chi connectivity index (χ3v) is 7.63. The first-order valence-corrected chi connectivity index (χ1v) is 10.7. The zero-order chi connectivity index (χ0) is 22.8. The maximum absolute atomic E-state index is 13.5. The number of carbonyl (C=O) groups is 2. The first kappa shape index (κ1) is 22.0. The van der Waals surface area contributed by atoms with E-state index >= 15 is 0 Å². The third kappa shape index (κ3) is 3.60. The number of aromatic nitrogens is 1. The van der Waals surface area contributed by atoms with Crippen molar-refractivity contribution in [2.75, 3.05) is 6.54 Å². The van der Waals surface area contributed by atoms with Gasteiger partial charge in [0, 0.05) is 43.5 Å². The van der Waals surface area contributed by atoms with Gasteiger partial charge in [-0.05, 0) is 50.7 Å². The molecule has 170 valence electrons. The molecule has 1 aromatic rings. The summed E-state index contributed by atoms with van der Waals surface area (Å²) in [7, 11) is 0. The molecular weight excluding hydrogens is 411 g/mol. The van der Waals surface area contributed by atoms with Gasteiger partial charge in [-0.1, -0.05) is 6.92 Å². The lowest BCUT2D eigenvalue weighted by atomic mass is 9.73. The van der Waals surface area contributed by atoms with E-state index in [4.69, 9.17) is 0 Å². The minimum Gasteiger partial charge on any atom is -0.481 e. The fourth-order valence-electron chi connectivity index (χ4n) is 5.47. The van der Waals surface area contributed by atoms with Crippen LogP contribution in [0.2, 0.25) is 0 Å². The molecule has 2 unspecified atom stereocenters. The molecule has 6 nitrogen and oxygen atoms in total. The topological polar surface area (TPSA) is 82.5 Å². The number of nitrogens with one attached hydrogen (secondary N) is 1. The molecule has 1 amide bonds. The number of hydrogen-bond donors (Lipinski definition) is 2. The number of hydrogen-bond acceptors (Lipinski definition) is 4. The number of rotatable bonds is 4. The predicted molar refractivity (Wildman–Crippen MR) is 106 cm³/mol. The Hall–Kier alpha value is -2.16. The largest absolute Gasteiger partial charge is 0.481 e. The standard InChI is InChI=1S/C22H28F3N3O3/c1-12-17-7-16-13(6-14(9-26-16)22(23,24)25)10-28(17)18(29)21(12)5-4-15(8-21)27-11-20(2,3)19(30)31/h6,9,12,15,17,27H,4-5,7-8,10-11H2,1-3H3,(H,30,31)/t12?,15-,17?,21+/m1/s1. The van der Waals surface area contributed by atoms with Crippen LogP contribution in [0.1, 0.15) is 56.9 Å². The molecule has 0 aromatic carbocycles. The van der Waals surface area contributed by atoms with Crippen LogP contribution < -0.4 is 5.32 Å². The van der Waals surface area contributed by atoms with Gasteiger partial charge in [0.25, 0.3) is 0 Å². The van der Waals surface area contributed by atoms with Crippen LogP contribution in [0.4, 0.5) is 13.2 Å². The molecule has 3 aliphatic rings. The van der Waals surface area contributed by atoms with Gasteiger partial charge in [0.1, 0.15) is 0 Å². The molecule has 2 N–H and O–H groups in total. The van der Waals surface area contributed by atoms with Crippen LogP contribution in [0, 0.1) is 16.7 Å². The number of amides is 1. The molecule has 1 spiro atoms. The zero-order valence-electron chi connectivity index (χ0n) is 17.9. The lowest BCUT2D eigenvalue weighted by molar-refractivity contribution is -0.146. The van der Waals surface area contributed by atoms with Gasteiger partial charge in [0.15, 0.2) is 0 Å². The quantitative estimate of drug-likeness (QED) is 0.753. The second-order valence-corrected chi connectivity index (χ2v) is 9.99. The molecule has 2 fully saturated rings. The Morgan fingerprint density at radius 2 is 2.10 bits per heavy atom. The van der Waals surface area contributed by atoms with Gasteiger partial charge in [-0.25, -0.2) is 0 Å². The van der Waals surface area contributed by atoms with Gasteiger partial charge in [-0.3, -0.25) is 14.6 Å². The lowest BCUT2D eigenvalue weighted by Gasteiger charge is -2.33. The summed E-state index contributed by atoms with van der Waals surface area (Å²) in [6, 6.07) is 1.09. The molecular formula is C22H28F3N3O3. The number of pyridine rings is 1. The molecule has 0 bridgehead atoms. The zero-order valence-corrected chi connectivity index (χ0v) is 17.9. The number of nitrogens with zero attached hydrogens (tertiary/aromatic N) is 2. The summed E-state index contributed by atoms with van der Waals surface area (Å²) in [4.78, 5) is 30.7. The van der Waals surface area contributed by atoms with Crippen LogP contribution in [0.25, 0.3) is 0 Å². The number of alkyl halides is 3. The van der Waals surface area contributed by atoms with Crippen LogP contribution in [0.3, 0.4) is 0 Å². The fraction of sp³-hybridized carbons (Fsp3) is 0.682. The van der Waals surface area contributed by atoms with Crippen LogP contribution in [-0.4, -0.2) is 45.5 Å². The Labute approximate surface area is 179 Å². The molecule has 4 atom stereocenters. The minimum atomic E-state index is -4.46. The van der Waals surface area contributed by atoms with Crippen molar-refractivity contribution in [1.82, 2.24) is 15.2 Å². The van der Waals surface area contributed by atoms with Crippen LogP contribution in [0.5, 0.6) is 0 Å². The number of carbonyl (C=O) groups excluding carboxylic acids is 1. The molecule has 0 radical (unpaired) electrons. The highest BCUT2D eigenvalue weighted by atomic mass is 19.4. The van der Waals surface area contributed by atoms with E-state index in [1.54, 1.807) is 18.7 Å². The number of carboxylic acids is 1. The van der Waals surface area contributed by atoms with Crippen molar-refractivity contribution in [2.45, 2.75) is 71.3 Å². The smallest absolute Gasteiger partial charge is 0.417 e. The summed E-state index contributed by atoms with van der Waals surface area (Å²) in [6.07, 6.45) is -1.03. The average molecular weight is 439 g/mol. The van der Waals surface area contributed by atoms with Crippen LogP contribution >= 0.6 is 0 Å². The predicted octanol–water partition coefficient (Wildman–Crippen LogP) is 3.24. The van der Waals surface area contributed by atoms with Crippen molar-refractivity contribution in [3.05, 3.63) is 29.1 Å². The maximum atomic E-state index is 13.5. The molecule has 1 saturated carbocycles.